The summed E-state index contributed by atoms with van der Waals surface area (Å²) in [5.74, 6) is 0.765. The summed E-state index contributed by atoms with van der Waals surface area (Å²) in [5.41, 5.74) is 1.14. The predicted molar refractivity (Wildman–Crippen MR) is 95.6 cm³/mol. The van der Waals surface area contributed by atoms with Crippen LogP contribution in [0.3, 0.4) is 0 Å². The molecule has 0 saturated heterocycles. The van der Waals surface area contributed by atoms with E-state index in [1.54, 1.807) is 4.68 Å². The van der Waals surface area contributed by atoms with Crippen molar-refractivity contribution in [3.63, 3.8) is 0 Å². The quantitative estimate of drug-likeness (QED) is 0.706. The number of nitrogens with zero attached hydrogens (tertiary/aromatic N) is 4. The Labute approximate surface area is 147 Å². The topological polar surface area (TPSA) is 72.7 Å². The van der Waals surface area contributed by atoms with Crippen LogP contribution >= 0.6 is 11.8 Å². The van der Waals surface area contributed by atoms with E-state index in [1.807, 2.05) is 18.2 Å². The van der Waals surface area contributed by atoms with Crippen molar-refractivity contribution < 1.29 is 4.79 Å². The molecule has 2 aromatic rings. The van der Waals surface area contributed by atoms with Gasteiger partial charge in [0, 0.05) is 6.54 Å². The summed E-state index contributed by atoms with van der Waals surface area (Å²) in [6, 6.07) is 10.1. The van der Waals surface area contributed by atoms with Gasteiger partial charge in [-0.1, -0.05) is 69.3 Å². The summed E-state index contributed by atoms with van der Waals surface area (Å²) >= 11 is 1.37. The number of carbonyl (C=O) groups is 1. The molecule has 24 heavy (non-hydrogen) atoms. The first kappa shape index (κ1) is 18.4. The van der Waals surface area contributed by atoms with Gasteiger partial charge in [0.05, 0.1) is 11.8 Å². The molecular formula is C17H25N5OS. The Balaban J connectivity index is 1.91. The Morgan fingerprint density at radius 2 is 2.04 bits per heavy atom. The zero-order valence-corrected chi connectivity index (χ0v) is 15.3. The second kappa shape index (κ2) is 9.42. The lowest BCUT2D eigenvalue weighted by molar-refractivity contribution is -0.119. The van der Waals surface area contributed by atoms with Gasteiger partial charge in [0.15, 0.2) is 0 Å². The summed E-state index contributed by atoms with van der Waals surface area (Å²) in [4.78, 5) is 12.3. The first-order valence-corrected chi connectivity index (χ1v) is 9.32. The van der Waals surface area contributed by atoms with E-state index in [1.165, 1.54) is 11.8 Å². The average Bonchev–Trinajstić information content (AvgIpc) is 3.00. The fraction of sp³-hybridized carbons (Fsp3) is 0.529. The van der Waals surface area contributed by atoms with E-state index < -0.39 is 0 Å². The van der Waals surface area contributed by atoms with Crippen molar-refractivity contribution in [1.82, 2.24) is 25.5 Å². The monoisotopic (exact) mass is 347 g/mol. The lowest BCUT2D eigenvalue weighted by Gasteiger charge is -2.18. The first-order valence-electron chi connectivity index (χ1n) is 8.33. The van der Waals surface area contributed by atoms with E-state index in [4.69, 9.17) is 0 Å². The van der Waals surface area contributed by atoms with Gasteiger partial charge in [0.2, 0.25) is 11.1 Å². The number of tetrazole rings is 1. The number of rotatable bonds is 9. The second-order valence-corrected chi connectivity index (χ2v) is 7.09. The largest absolute Gasteiger partial charge is 0.349 e. The van der Waals surface area contributed by atoms with E-state index in [-0.39, 0.29) is 11.9 Å². The molecule has 7 heteroatoms. The highest BCUT2D eigenvalue weighted by Crippen LogP contribution is 2.19. The zero-order valence-electron chi connectivity index (χ0n) is 14.5. The summed E-state index contributed by atoms with van der Waals surface area (Å²) in [6.07, 6.45) is 1.94. The third kappa shape index (κ3) is 5.63. The van der Waals surface area contributed by atoms with Crippen LogP contribution < -0.4 is 5.32 Å². The van der Waals surface area contributed by atoms with Crippen LogP contribution in [-0.4, -0.2) is 31.9 Å². The molecule has 2 rings (SSSR count). The number of benzene rings is 1. The lowest BCUT2D eigenvalue weighted by atomic mass is 10.0. The highest BCUT2D eigenvalue weighted by molar-refractivity contribution is 7.99. The van der Waals surface area contributed by atoms with Crippen molar-refractivity contribution >= 4 is 17.7 Å². The fourth-order valence-electron chi connectivity index (χ4n) is 2.42. The van der Waals surface area contributed by atoms with Gasteiger partial charge in [-0.15, -0.1) is 5.10 Å². The molecule has 0 spiro atoms. The number of carbonyl (C=O) groups excluding carboxylic acids is 1. The highest BCUT2D eigenvalue weighted by atomic mass is 32.2. The fourth-order valence-corrected chi connectivity index (χ4v) is 3.12. The summed E-state index contributed by atoms with van der Waals surface area (Å²) in [5, 5.41) is 15.5. The number of hydrogen-bond donors (Lipinski definition) is 1. The molecule has 1 unspecified atom stereocenters. The van der Waals surface area contributed by atoms with Crippen LogP contribution in [0.4, 0.5) is 0 Å². The van der Waals surface area contributed by atoms with Crippen LogP contribution in [0, 0.1) is 5.92 Å². The molecule has 0 aliphatic carbocycles. The van der Waals surface area contributed by atoms with Gasteiger partial charge in [0.25, 0.3) is 0 Å². The third-order valence-electron chi connectivity index (χ3n) is 3.48. The maximum atomic E-state index is 12.3. The lowest BCUT2D eigenvalue weighted by Crippen LogP contribution is -2.30. The average molecular weight is 347 g/mol. The maximum Gasteiger partial charge on any atom is 0.230 e. The molecule has 0 aliphatic heterocycles. The molecule has 0 fully saturated rings. The van der Waals surface area contributed by atoms with Crippen molar-refractivity contribution in [2.45, 2.75) is 51.4 Å². The molecule has 0 aliphatic rings. The van der Waals surface area contributed by atoms with Crippen LogP contribution in [0.5, 0.6) is 0 Å². The molecule has 1 aromatic carbocycles. The zero-order chi connectivity index (χ0) is 17.4. The van der Waals surface area contributed by atoms with Crippen LogP contribution in [0.15, 0.2) is 35.5 Å². The Morgan fingerprint density at radius 3 is 2.71 bits per heavy atom. The minimum absolute atomic E-state index is 0.00130. The van der Waals surface area contributed by atoms with Gasteiger partial charge < -0.3 is 5.32 Å². The van der Waals surface area contributed by atoms with E-state index in [0.717, 1.165) is 24.9 Å². The van der Waals surface area contributed by atoms with Crippen LogP contribution in [0.2, 0.25) is 0 Å². The smallest absolute Gasteiger partial charge is 0.230 e. The molecule has 130 valence electrons. The Kier molecular flexibility index (Phi) is 7.24. The molecule has 6 nitrogen and oxygen atoms in total. The Morgan fingerprint density at radius 1 is 1.29 bits per heavy atom. The standard InChI is InChI=1S/C17H25N5OS/c1-4-8-15(14-9-6-5-7-10-14)18-16(23)12-24-17-19-20-21-22(17)11-13(2)3/h5-7,9-10,13,15H,4,8,11-12H2,1-3H3,(H,18,23). The van der Waals surface area contributed by atoms with E-state index in [9.17, 15) is 4.79 Å². The van der Waals surface area contributed by atoms with Crippen LogP contribution in [0.25, 0.3) is 0 Å². The highest BCUT2D eigenvalue weighted by Gasteiger charge is 2.15. The maximum absolute atomic E-state index is 12.3. The normalized spacial score (nSPS) is 12.3. The minimum atomic E-state index is 0.00130. The molecule has 1 amide bonds. The predicted octanol–water partition coefficient (Wildman–Crippen LogP) is 3.08. The second-order valence-electron chi connectivity index (χ2n) is 6.15. The molecule has 1 aromatic heterocycles. The van der Waals surface area contributed by atoms with E-state index in [2.05, 4.69) is 53.7 Å². The van der Waals surface area contributed by atoms with Crippen molar-refractivity contribution in [2.24, 2.45) is 5.92 Å². The third-order valence-corrected chi connectivity index (χ3v) is 4.44. The van der Waals surface area contributed by atoms with E-state index >= 15 is 0 Å². The summed E-state index contributed by atoms with van der Waals surface area (Å²) in [6.45, 7) is 7.09. The van der Waals surface area contributed by atoms with Crippen LogP contribution in [0.1, 0.15) is 45.2 Å². The number of hydrogen-bond acceptors (Lipinski definition) is 5. The summed E-state index contributed by atoms with van der Waals surface area (Å²) in [7, 11) is 0. The van der Waals surface area contributed by atoms with Crippen LogP contribution in [-0.2, 0) is 11.3 Å². The van der Waals surface area contributed by atoms with E-state index in [0.29, 0.717) is 16.8 Å². The number of aromatic nitrogens is 4. The van der Waals surface area contributed by atoms with Gasteiger partial charge >= 0.3 is 0 Å². The molecule has 0 bridgehead atoms. The van der Waals surface area contributed by atoms with Crippen molar-refractivity contribution in [3.05, 3.63) is 35.9 Å². The van der Waals surface area contributed by atoms with Crippen molar-refractivity contribution in [1.29, 1.82) is 0 Å². The van der Waals surface area contributed by atoms with Gasteiger partial charge in [-0.25, -0.2) is 4.68 Å². The van der Waals surface area contributed by atoms with Gasteiger partial charge in [-0.3, -0.25) is 4.79 Å². The number of amides is 1. The molecule has 0 saturated carbocycles. The summed E-state index contributed by atoms with van der Waals surface area (Å²) < 4.78 is 1.75. The molecule has 0 radical (unpaired) electrons. The van der Waals surface area contributed by atoms with Crippen molar-refractivity contribution in [3.8, 4) is 0 Å². The number of thioether (sulfide) groups is 1. The van der Waals surface area contributed by atoms with Gasteiger partial charge in [-0.05, 0) is 28.3 Å². The Bertz CT molecular complexity index is 629. The van der Waals surface area contributed by atoms with Crippen molar-refractivity contribution in [2.75, 3.05) is 5.75 Å². The van der Waals surface area contributed by atoms with Gasteiger partial charge in [0.1, 0.15) is 0 Å². The SMILES string of the molecule is CCCC(NC(=O)CSc1nnnn1CC(C)C)c1ccccc1. The molecule has 1 N–H and O–H groups in total. The minimum Gasteiger partial charge on any atom is -0.349 e. The molecule has 1 heterocycles. The molecule has 1 atom stereocenters. The Hall–Kier alpha value is -1.89. The molecular weight excluding hydrogens is 322 g/mol. The van der Waals surface area contributed by atoms with Gasteiger partial charge in [-0.2, -0.15) is 0 Å². The number of nitrogens with one attached hydrogen (secondary N) is 1. The first-order chi connectivity index (χ1) is 11.6.